The number of hydrogen-bond donors (Lipinski definition) is 2. The molecule has 0 atom stereocenters. The third-order valence-electron chi connectivity index (χ3n) is 3.82. The molecule has 0 saturated heterocycles. The SMILES string of the molecule is Cc1oc(C(=O)O)cc1S(=O)(=O)N(C)CC1(O)CCCC1. The molecule has 1 aliphatic carbocycles. The van der Waals surface area contributed by atoms with E-state index in [9.17, 15) is 18.3 Å². The van der Waals surface area contributed by atoms with Crippen molar-refractivity contribution in [2.75, 3.05) is 13.6 Å². The minimum Gasteiger partial charge on any atom is -0.475 e. The second-order valence-corrected chi connectivity index (χ2v) is 7.54. The molecular formula is C13H19NO6S. The average molecular weight is 317 g/mol. The molecule has 1 aliphatic rings. The van der Waals surface area contributed by atoms with Gasteiger partial charge in [-0.1, -0.05) is 12.8 Å². The van der Waals surface area contributed by atoms with E-state index in [1.165, 1.54) is 14.0 Å². The number of sulfonamides is 1. The van der Waals surface area contributed by atoms with Crippen LogP contribution in [-0.2, 0) is 10.0 Å². The van der Waals surface area contributed by atoms with Gasteiger partial charge in [-0.05, 0) is 19.8 Å². The zero-order valence-corrected chi connectivity index (χ0v) is 12.8. The lowest BCUT2D eigenvalue weighted by Gasteiger charge is -2.27. The topological polar surface area (TPSA) is 108 Å². The van der Waals surface area contributed by atoms with Crippen molar-refractivity contribution < 1.29 is 27.8 Å². The molecule has 0 aromatic carbocycles. The van der Waals surface area contributed by atoms with Crippen molar-refractivity contribution in [3.63, 3.8) is 0 Å². The van der Waals surface area contributed by atoms with E-state index in [0.29, 0.717) is 12.8 Å². The van der Waals surface area contributed by atoms with Crippen LogP contribution in [0.25, 0.3) is 0 Å². The largest absolute Gasteiger partial charge is 0.475 e. The van der Waals surface area contributed by atoms with Crippen LogP contribution in [0, 0.1) is 6.92 Å². The number of rotatable bonds is 5. The number of furan rings is 1. The highest BCUT2D eigenvalue weighted by Crippen LogP contribution is 2.32. The van der Waals surface area contributed by atoms with Crippen molar-refractivity contribution in [1.82, 2.24) is 4.31 Å². The maximum absolute atomic E-state index is 12.5. The van der Waals surface area contributed by atoms with Crippen molar-refractivity contribution in [2.45, 2.75) is 43.1 Å². The summed E-state index contributed by atoms with van der Waals surface area (Å²) in [6.07, 6.45) is 2.88. The molecule has 1 saturated carbocycles. The highest BCUT2D eigenvalue weighted by molar-refractivity contribution is 7.89. The fourth-order valence-corrected chi connectivity index (χ4v) is 4.09. The van der Waals surface area contributed by atoms with E-state index in [1.807, 2.05) is 0 Å². The smallest absolute Gasteiger partial charge is 0.371 e. The van der Waals surface area contributed by atoms with E-state index in [2.05, 4.69) is 0 Å². The van der Waals surface area contributed by atoms with Gasteiger partial charge in [0.1, 0.15) is 10.7 Å². The summed E-state index contributed by atoms with van der Waals surface area (Å²) < 4.78 is 31.0. The minimum absolute atomic E-state index is 0.0115. The number of aromatic carboxylic acids is 1. The van der Waals surface area contributed by atoms with Crippen molar-refractivity contribution in [3.8, 4) is 0 Å². The predicted molar refractivity (Wildman–Crippen MR) is 73.6 cm³/mol. The molecule has 1 aromatic rings. The number of carboxylic acids is 1. The number of carbonyl (C=O) groups is 1. The highest BCUT2D eigenvalue weighted by atomic mass is 32.2. The molecule has 1 fully saturated rings. The van der Waals surface area contributed by atoms with Gasteiger partial charge >= 0.3 is 5.97 Å². The quantitative estimate of drug-likeness (QED) is 0.845. The molecule has 0 amide bonds. The van der Waals surface area contributed by atoms with Crippen LogP contribution in [0.15, 0.2) is 15.4 Å². The van der Waals surface area contributed by atoms with E-state index in [4.69, 9.17) is 9.52 Å². The van der Waals surface area contributed by atoms with E-state index in [0.717, 1.165) is 23.2 Å². The number of aliphatic hydroxyl groups is 1. The molecule has 2 rings (SSSR count). The third-order valence-corrected chi connectivity index (χ3v) is 5.73. The normalized spacial score (nSPS) is 18.3. The molecule has 21 heavy (non-hydrogen) atoms. The highest BCUT2D eigenvalue weighted by Gasteiger charge is 2.37. The summed E-state index contributed by atoms with van der Waals surface area (Å²) in [6.45, 7) is 1.39. The molecule has 0 radical (unpaired) electrons. The van der Waals surface area contributed by atoms with Crippen LogP contribution < -0.4 is 0 Å². The summed E-state index contributed by atoms with van der Waals surface area (Å²) in [5.74, 6) is -1.71. The first-order valence-electron chi connectivity index (χ1n) is 6.68. The number of nitrogens with zero attached hydrogens (tertiary/aromatic N) is 1. The van der Waals surface area contributed by atoms with Gasteiger partial charge in [-0.3, -0.25) is 0 Å². The fourth-order valence-electron chi connectivity index (χ4n) is 2.69. The summed E-state index contributed by atoms with van der Waals surface area (Å²) in [5, 5.41) is 19.2. The predicted octanol–water partition coefficient (Wildman–Crippen LogP) is 1.21. The molecule has 7 nitrogen and oxygen atoms in total. The Labute approximate surface area is 123 Å². The maximum Gasteiger partial charge on any atom is 0.371 e. The first-order chi connectivity index (χ1) is 9.66. The Morgan fingerprint density at radius 3 is 2.48 bits per heavy atom. The Morgan fingerprint density at radius 2 is 2.00 bits per heavy atom. The van der Waals surface area contributed by atoms with Gasteiger partial charge in [0, 0.05) is 19.7 Å². The van der Waals surface area contributed by atoms with Crippen molar-refractivity contribution in [3.05, 3.63) is 17.6 Å². The molecule has 2 N–H and O–H groups in total. The molecule has 118 valence electrons. The van der Waals surface area contributed by atoms with E-state index >= 15 is 0 Å². The Morgan fingerprint density at radius 1 is 1.43 bits per heavy atom. The Kier molecular flexibility index (Phi) is 4.14. The molecule has 0 bridgehead atoms. The summed E-state index contributed by atoms with van der Waals surface area (Å²) in [6, 6.07) is 1.00. The molecule has 0 spiro atoms. The van der Waals surface area contributed by atoms with Gasteiger partial charge in [0.25, 0.3) is 0 Å². The zero-order chi connectivity index (χ0) is 15.8. The molecular weight excluding hydrogens is 298 g/mol. The van der Waals surface area contributed by atoms with Gasteiger partial charge in [-0.2, -0.15) is 4.31 Å². The van der Waals surface area contributed by atoms with Gasteiger partial charge in [-0.25, -0.2) is 13.2 Å². The van der Waals surface area contributed by atoms with Crippen molar-refractivity contribution >= 4 is 16.0 Å². The monoisotopic (exact) mass is 317 g/mol. The molecule has 0 unspecified atom stereocenters. The average Bonchev–Trinajstić information content (AvgIpc) is 2.96. The maximum atomic E-state index is 12.5. The minimum atomic E-state index is -3.89. The van der Waals surface area contributed by atoms with Crippen LogP contribution in [0.3, 0.4) is 0 Å². The van der Waals surface area contributed by atoms with Crippen LogP contribution in [0.5, 0.6) is 0 Å². The van der Waals surface area contributed by atoms with Crippen LogP contribution in [-0.4, -0.2) is 48.1 Å². The molecule has 0 aliphatic heterocycles. The first-order valence-corrected chi connectivity index (χ1v) is 8.12. The molecule has 8 heteroatoms. The van der Waals surface area contributed by atoms with E-state index in [1.54, 1.807) is 0 Å². The molecule has 1 heterocycles. The van der Waals surface area contributed by atoms with Crippen molar-refractivity contribution in [1.29, 1.82) is 0 Å². The number of likely N-dealkylation sites (N-methyl/N-ethyl adjacent to an activating group) is 1. The second kappa shape index (κ2) is 5.43. The van der Waals surface area contributed by atoms with Gasteiger partial charge in [-0.15, -0.1) is 0 Å². The summed E-state index contributed by atoms with van der Waals surface area (Å²) in [7, 11) is -2.52. The standard InChI is InChI=1S/C13H19NO6S/c1-9-11(7-10(20-9)12(15)16)21(18,19)14(2)8-13(17)5-3-4-6-13/h7,17H,3-6,8H2,1-2H3,(H,15,16). The number of carboxylic acid groups (broad SMARTS) is 1. The van der Waals surface area contributed by atoms with Gasteiger partial charge < -0.3 is 14.6 Å². The van der Waals surface area contributed by atoms with E-state index < -0.39 is 27.4 Å². The lowest BCUT2D eigenvalue weighted by Crippen LogP contribution is -2.42. The Hall–Kier alpha value is -1.38. The van der Waals surface area contributed by atoms with E-state index in [-0.39, 0.29) is 17.2 Å². The van der Waals surface area contributed by atoms with Gasteiger partial charge in [0.05, 0.1) is 5.60 Å². The lowest BCUT2D eigenvalue weighted by molar-refractivity contribution is 0.0333. The fraction of sp³-hybridized carbons (Fsp3) is 0.615. The Balaban J connectivity index is 2.26. The lowest BCUT2D eigenvalue weighted by atomic mass is 10.0. The second-order valence-electron chi connectivity index (χ2n) is 5.53. The number of aryl methyl sites for hydroxylation is 1. The van der Waals surface area contributed by atoms with Crippen LogP contribution >= 0.6 is 0 Å². The van der Waals surface area contributed by atoms with Crippen molar-refractivity contribution in [2.24, 2.45) is 0 Å². The molecule has 1 aromatic heterocycles. The van der Waals surface area contributed by atoms with Crippen LogP contribution in [0.1, 0.15) is 42.0 Å². The van der Waals surface area contributed by atoms with Gasteiger partial charge in [0.2, 0.25) is 15.8 Å². The van der Waals surface area contributed by atoms with Crippen LogP contribution in [0.2, 0.25) is 0 Å². The van der Waals surface area contributed by atoms with Crippen LogP contribution in [0.4, 0.5) is 0 Å². The van der Waals surface area contributed by atoms with Gasteiger partial charge in [0.15, 0.2) is 0 Å². The number of hydrogen-bond acceptors (Lipinski definition) is 5. The first kappa shape index (κ1) is 16.0. The third kappa shape index (κ3) is 3.12. The Bertz CT molecular complexity index is 642. The zero-order valence-electron chi connectivity index (χ0n) is 12.0. The summed E-state index contributed by atoms with van der Waals surface area (Å²) >= 11 is 0. The summed E-state index contributed by atoms with van der Waals surface area (Å²) in [4.78, 5) is 10.7. The summed E-state index contributed by atoms with van der Waals surface area (Å²) in [5.41, 5.74) is -1.00.